The third kappa shape index (κ3) is 3.92. The lowest BCUT2D eigenvalue weighted by Crippen LogP contribution is -2.44. The molecule has 1 aliphatic rings. The Balaban J connectivity index is 1.62. The third-order valence-corrected chi connectivity index (χ3v) is 5.41. The van der Waals surface area contributed by atoms with E-state index in [1.807, 2.05) is 25.1 Å². The third-order valence-electron chi connectivity index (χ3n) is 5.41. The summed E-state index contributed by atoms with van der Waals surface area (Å²) in [4.78, 5) is 2.13. The molecule has 1 aliphatic heterocycles. The summed E-state index contributed by atoms with van der Waals surface area (Å²) in [7, 11) is 0. The number of aryl methyl sites for hydroxylation is 2. The molecule has 1 heterocycles. The molecule has 2 aromatic rings. The van der Waals surface area contributed by atoms with Gasteiger partial charge in [-0.15, -0.1) is 0 Å². The second-order valence-electron chi connectivity index (χ2n) is 7.17. The molecule has 0 aliphatic carbocycles. The first-order chi connectivity index (χ1) is 11.9. The van der Waals surface area contributed by atoms with E-state index in [1.54, 1.807) is 18.2 Å². The van der Waals surface area contributed by atoms with Gasteiger partial charge in [0.2, 0.25) is 0 Å². The van der Waals surface area contributed by atoms with Crippen LogP contribution in [0.4, 0.5) is 4.39 Å². The average molecular weight is 343 g/mol. The molecule has 0 spiro atoms. The fraction of sp³-hybridized carbons (Fsp3) is 0.429. The van der Waals surface area contributed by atoms with Crippen molar-refractivity contribution in [2.45, 2.75) is 38.4 Å². The van der Waals surface area contributed by atoms with E-state index in [0.717, 1.165) is 5.56 Å². The molecule has 4 heteroatoms. The fourth-order valence-electron chi connectivity index (χ4n) is 3.54. The Hall–Kier alpha value is -1.75. The van der Waals surface area contributed by atoms with Crippen molar-refractivity contribution in [1.29, 1.82) is 0 Å². The van der Waals surface area contributed by atoms with Gasteiger partial charge in [-0.25, -0.2) is 4.39 Å². The zero-order valence-corrected chi connectivity index (χ0v) is 14.9. The van der Waals surface area contributed by atoms with Crippen LogP contribution in [0.25, 0.3) is 0 Å². The first-order valence-corrected chi connectivity index (χ1v) is 8.84. The van der Waals surface area contributed by atoms with Crippen molar-refractivity contribution in [2.24, 2.45) is 0 Å². The van der Waals surface area contributed by atoms with Crippen LogP contribution in [0, 0.1) is 19.7 Å². The molecule has 1 saturated heterocycles. The van der Waals surface area contributed by atoms with Gasteiger partial charge in [0.1, 0.15) is 5.82 Å². The van der Waals surface area contributed by atoms with Crippen molar-refractivity contribution in [1.82, 2.24) is 4.90 Å². The number of rotatable bonds is 4. The molecule has 3 nitrogen and oxygen atoms in total. The SMILES string of the molecule is Cc1ccc([C@H](O)CN2CCC(O)(c3ccccc3F)CC2)cc1C. The molecule has 1 fully saturated rings. The van der Waals surface area contributed by atoms with Crippen molar-refractivity contribution < 1.29 is 14.6 Å². The maximum absolute atomic E-state index is 14.0. The number of nitrogens with zero attached hydrogens (tertiary/aromatic N) is 1. The van der Waals surface area contributed by atoms with Crippen LogP contribution >= 0.6 is 0 Å². The van der Waals surface area contributed by atoms with Crippen molar-refractivity contribution in [3.8, 4) is 0 Å². The molecule has 0 radical (unpaired) electrons. The number of piperidine rings is 1. The standard InChI is InChI=1S/C21H26FNO2/c1-15-7-8-17(13-16(15)2)20(24)14-23-11-9-21(25,10-12-23)18-5-3-4-6-19(18)22/h3-8,13,20,24-25H,9-12,14H2,1-2H3/t20-/m1/s1. The second-order valence-corrected chi connectivity index (χ2v) is 7.17. The fourth-order valence-corrected chi connectivity index (χ4v) is 3.54. The highest BCUT2D eigenvalue weighted by molar-refractivity contribution is 5.31. The molecule has 25 heavy (non-hydrogen) atoms. The number of halogens is 1. The highest BCUT2D eigenvalue weighted by Crippen LogP contribution is 2.34. The first kappa shape index (κ1) is 18.1. The zero-order valence-electron chi connectivity index (χ0n) is 14.9. The van der Waals surface area contributed by atoms with E-state index >= 15 is 0 Å². The van der Waals surface area contributed by atoms with Crippen LogP contribution < -0.4 is 0 Å². The van der Waals surface area contributed by atoms with Crippen molar-refractivity contribution in [3.63, 3.8) is 0 Å². The summed E-state index contributed by atoms with van der Waals surface area (Å²) in [6, 6.07) is 12.5. The number of benzene rings is 2. The summed E-state index contributed by atoms with van der Waals surface area (Å²) in [6.45, 7) is 5.88. The molecular formula is C21H26FNO2. The Morgan fingerprint density at radius 2 is 1.76 bits per heavy atom. The Morgan fingerprint density at radius 1 is 1.08 bits per heavy atom. The highest BCUT2D eigenvalue weighted by atomic mass is 19.1. The van der Waals surface area contributed by atoms with Gasteiger partial charge < -0.3 is 15.1 Å². The van der Waals surface area contributed by atoms with E-state index in [9.17, 15) is 14.6 Å². The van der Waals surface area contributed by atoms with E-state index in [2.05, 4.69) is 11.8 Å². The minimum atomic E-state index is -1.12. The Labute approximate surface area is 148 Å². The number of aliphatic hydroxyl groups excluding tert-OH is 1. The van der Waals surface area contributed by atoms with Gasteiger partial charge >= 0.3 is 0 Å². The maximum atomic E-state index is 14.0. The van der Waals surface area contributed by atoms with Crippen LogP contribution in [0.2, 0.25) is 0 Å². The van der Waals surface area contributed by atoms with E-state index in [4.69, 9.17) is 0 Å². The molecule has 0 saturated carbocycles. The second kappa shape index (κ2) is 7.24. The maximum Gasteiger partial charge on any atom is 0.129 e. The predicted octanol–water partition coefficient (Wildman–Crippen LogP) is 3.46. The molecule has 2 aromatic carbocycles. The summed E-state index contributed by atoms with van der Waals surface area (Å²) in [6.07, 6.45) is 0.375. The molecule has 2 N–H and O–H groups in total. The number of β-amino-alcohol motifs (C(OH)–C–C–N with tert-alkyl or cyclic N) is 1. The van der Waals surface area contributed by atoms with E-state index < -0.39 is 11.7 Å². The van der Waals surface area contributed by atoms with Crippen LogP contribution in [0.3, 0.4) is 0 Å². The highest BCUT2D eigenvalue weighted by Gasteiger charge is 2.36. The average Bonchev–Trinajstić information content (AvgIpc) is 2.60. The lowest BCUT2D eigenvalue weighted by Gasteiger charge is -2.39. The Bertz CT molecular complexity index is 738. The van der Waals surface area contributed by atoms with E-state index in [1.165, 1.54) is 17.2 Å². The molecule has 0 bridgehead atoms. The molecule has 0 aromatic heterocycles. The first-order valence-electron chi connectivity index (χ1n) is 8.84. The van der Waals surface area contributed by atoms with Gasteiger partial charge in [0.05, 0.1) is 11.7 Å². The topological polar surface area (TPSA) is 43.7 Å². The summed E-state index contributed by atoms with van der Waals surface area (Å²) < 4.78 is 14.0. The number of hydrogen-bond donors (Lipinski definition) is 2. The summed E-state index contributed by atoms with van der Waals surface area (Å²) in [5.41, 5.74) is 2.56. The van der Waals surface area contributed by atoms with Crippen LogP contribution in [0.5, 0.6) is 0 Å². The lowest BCUT2D eigenvalue weighted by molar-refractivity contribution is -0.0367. The minimum Gasteiger partial charge on any atom is -0.387 e. The molecule has 3 rings (SSSR count). The van der Waals surface area contributed by atoms with Crippen LogP contribution in [-0.4, -0.2) is 34.7 Å². The quantitative estimate of drug-likeness (QED) is 0.893. The summed E-state index contributed by atoms with van der Waals surface area (Å²) >= 11 is 0. The number of likely N-dealkylation sites (tertiary alicyclic amines) is 1. The summed E-state index contributed by atoms with van der Waals surface area (Å²) in [5, 5.41) is 21.3. The molecule has 1 atom stereocenters. The van der Waals surface area contributed by atoms with Crippen molar-refractivity contribution in [3.05, 3.63) is 70.5 Å². The number of hydrogen-bond acceptors (Lipinski definition) is 3. The molecule has 0 unspecified atom stereocenters. The molecular weight excluding hydrogens is 317 g/mol. The van der Waals surface area contributed by atoms with E-state index in [-0.39, 0.29) is 5.82 Å². The normalized spacial score (nSPS) is 18.9. The van der Waals surface area contributed by atoms with Gasteiger partial charge in [-0.2, -0.15) is 0 Å². The van der Waals surface area contributed by atoms with Gasteiger partial charge in [0.15, 0.2) is 0 Å². The molecule has 134 valence electrons. The van der Waals surface area contributed by atoms with Gasteiger partial charge in [0.25, 0.3) is 0 Å². The van der Waals surface area contributed by atoms with Gasteiger partial charge in [-0.3, -0.25) is 0 Å². The summed E-state index contributed by atoms with van der Waals surface area (Å²) in [5.74, 6) is -0.353. The smallest absolute Gasteiger partial charge is 0.129 e. The minimum absolute atomic E-state index is 0.353. The van der Waals surface area contributed by atoms with Crippen LogP contribution in [0.1, 0.15) is 41.2 Å². The molecule has 0 amide bonds. The Morgan fingerprint density at radius 3 is 2.40 bits per heavy atom. The van der Waals surface area contributed by atoms with Gasteiger partial charge in [-0.1, -0.05) is 36.4 Å². The van der Waals surface area contributed by atoms with Gasteiger partial charge in [-0.05, 0) is 49.4 Å². The zero-order chi connectivity index (χ0) is 18.0. The largest absolute Gasteiger partial charge is 0.387 e. The van der Waals surface area contributed by atoms with Crippen LogP contribution in [0.15, 0.2) is 42.5 Å². The van der Waals surface area contributed by atoms with Gasteiger partial charge in [0, 0.05) is 25.2 Å². The van der Waals surface area contributed by atoms with Crippen molar-refractivity contribution in [2.75, 3.05) is 19.6 Å². The monoisotopic (exact) mass is 343 g/mol. The lowest BCUT2D eigenvalue weighted by atomic mass is 9.84. The Kier molecular flexibility index (Phi) is 5.23. The van der Waals surface area contributed by atoms with Crippen LogP contribution in [-0.2, 0) is 5.60 Å². The predicted molar refractivity (Wildman–Crippen MR) is 96.8 cm³/mol. The van der Waals surface area contributed by atoms with Crippen molar-refractivity contribution >= 4 is 0 Å². The number of aliphatic hydroxyl groups is 2. The van der Waals surface area contributed by atoms with E-state index in [0.29, 0.717) is 38.0 Å².